The number of nitrogens with two attached hydrogens (primary N) is 1. The fourth-order valence-electron chi connectivity index (χ4n) is 2.89. The molecule has 19 heavy (non-hydrogen) atoms. The number of hydrazine groups is 1. The lowest BCUT2D eigenvalue weighted by Gasteiger charge is -2.27. The van der Waals surface area contributed by atoms with E-state index in [2.05, 4.69) is 22.7 Å². The topological polar surface area (TPSA) is 75.9 Å². The summed E-state index contributed by atoms with van der Waals surface area (Å²) >= 11 is 0. The van der Waals surface area contributed by atoms with E-state index in [0.717, 1.165) is 23.0 Å². The van der Waals surface area contributed by atoms with Crippen molar-refractivity contribution in [2.45, 2.75) is 63.8 Å². The van der Waals surface area contributed by atoms with Crippen molar-refractivity contribution < 1.29 is 0 Å². The summed E-state index contributed by atoms with van der Waals surface area (Å²) < 4.78 is 0. The Labute approximate surface area is 114 Å². The van der Waals surface area contributed by atoms with Crippen LogP contribution in [0.1, 0.15) is 62.8 Å². The molecule has 2 fully saturated rings. The van der Waals surface area contributed by atoms with Gasteiger partial charge in [-0.3, -0.25) is 0 Å². The van der Waals surface area contributed by atoms with Gasteiger partial charge in [-0.25, -0.2) is 15.8 Å². The molecule has 2 saturated carbocycles. The van der Waals surface area contributed by atoms with Gasteiger partial charge < -0.3 is 10.7 Å². The summed E-state index contributed by atoms with van der Waals surface area (Å²) in [5.41, 5.74) is 3.89. The SMILES string of the molecule is Cc1c(NN)nc(C2CC2)nc1NC1(C)CCCC1. The molecule has 0 spiro atoms. The number of hydrogen-bond donors (Lipinski definition) is 3. The molecule has 0 amide bonds. The standard InChI is InChI=1S/C14H23N5/c1-9-11(18-14(2)7-3-4-8-14)16-13(10-5-6-10)17-12(9)19-15/h10H,3-8,15H2,1-2H3,(H2,16,17,18,19). The van der Waals surface area contributed by atoms with Gasteiger partial charge in [0.25, 0.3) is 0 Å². The van der Waals surface area contributed by atoms with Crippen molar-refractivity contribution in [2.24, 2.45) is 5.84 Å². The molecule has 1 heterocycles. The highest BCUT2D eigenvalue weighted by Crippen LogP contribution is 2.40. The molecule has 0 aliphatic heterocycles. The number of hydrogen-bond acceptors (Lipinski definition) is 5. The summed E-state index contributed by atoms with van der Waals surface area (Å²) in [4.78, 5) is 9.26. The minimum atomic E-state index is 0.172. The summed E-state index contributed by atoms with van der Waals surface area (Å²) in [6.45, 7) is 4.31. The average molecular weight is 261 g/mol. The Morgan fingerprint density at radius 2 is 1.79 bits per heavy atom. The molecular formula is C14H23N5. The minimum Gasteiger partial charge on any atom is -0.365 e. The lowest BCUT2D eigenvalue weighted by atomic mass is 10.0. The molecule has 0 bridgehead atoms. The van der Waals surface area contributed by atoms with E-state index in [1.807, 2.05) is 6.92 Å². The largest absolute Gasteiger partial charge is 0.365 e. The van der Waals surface area contributed by atoms with Crippen molar-refractivity contribution in [3.63, 3.8) is 0 Å². The van der Waals surface area contributed by atoms with Crippen LogP contribution in [0.5, 0.6) is 0 Å². The van der Waals surface area contributed by atoms with Crippen LogP contribution in [0.4, 0.5) is 11.6 Å². The summed E-state index contributed by atoms with van der Waals surface area (Å²) in [7, 11) is 0. The second kappa shape index (κ2) is 4.63. The number of rotatable bonds is 4. The highest BCUT2D eigenvalue weighted by Gasteiger charge is 2.32. The molecule has 5 nitrogen and oxygen atoms in total. The third-order valence-electron chi connectivity index (χ3n) is 4.37. The first-order valence-electron chi connectivity index (χ1n) is 7.25. The zero-order chi connectivity index (χ0) is 13.5. The van der Waals surface area contributed by atoms with E-state index < -0.39 is 0 Å². The van der Waals surface area contributed by atoms with E-state index in [4.69, 9.17) is 10.8 Å². The predicted octanol–water partition coefficient (Wildman–Crippen LogP) is 2.69. The van der Waals surface area contributed by atoms with E-state index in [1.165, 1.54) is 38.5 Å². The molecule has 3 rings (SSSR count). The minimum absolute atomic E-state index is 0.172. The third kappa shape index (κ3) is 2.52. The van der Waals surface area contributed by atoms with Crippen molar-refractivity contribution in [1.29, 1.82) is 0 Å². The number of nitrogens with zero attached hydrogens (tertiary/aromatic N) is 2. The highest BCUT2D eigenvalue weighted by atomic mass is 15.3. The summed E-state index contributed by atoms with van der Waals surface area (Å²) in [6, 6.07) is 0. The van der Waals surface area contributed by atoms with Crippen molar-refractivity contribution in [2.75, 3.05) is 10.7 Å². The molecule has 1 aromatic heterocycles. The second-order valence-corrected chi connectivity index (χ2v) is 6.22. The van der Waals surface area contributed by atoms with E-state index in [1.54, 1.807) is 0 Å². The van der Waals surface area contributed by atoms with E-state index >= 15 is 0 Å². The van der Waals surface area contributed by atoms with Crippen LogP contribution in [0.25, 0.3) is 0 Å². The van der Waals surface area contributed by atoms with Gasteiger partial charge >= 0.3 is 0 Å². The van der Waals surface area contributed by atoms with Crippen molar-refractivity contribution in [1.82, 2.24) is 9.97 Å². The van der Waals surface area contributed by atoms with E-state index in [0.29, 0.717) is 5.92 Å². The van der Waals surface area contributed by atoms with Gasteiger partial charge in [0.15, 0.2) is 0 Å². The first-order chi connectivity index (χ1) is 9.11. The fraction of sp³-hybridized carbons (Fsp3) is 0.714. The first kappa shape index (κ1) is 12.7. The Balaban J connectivity index is 1.92. The van der Waals surface area contributed by atoms with Crippen LogP contribution in [0.3, 0.4) is 0 Å². The molecule has 0 unspecified atom stereocenters. The molecule has 104 valence electrons. The Morgan fingerprint density at radius 3 is 2.37 bits per heavy atom. The number of aromatic nitrogens is 2. The molecule has 0 radical (unpaired) electrons. The first-order valence-corrected chi connectivity index (χ1v) is 7.25. The summed E-state index contributed by atoms with van der Waals surface area (Å²) in [6.07, 6.45) is 7.41. The van der Waals surface area contributed by atoms with Crippen molar-refractivity contribution >= 4 is 11.6 Å². The zero-order valence-corrected chi connectivity index (χ0v) is 11.8. The van der Waals surface area contributed by atoms with Gasteiger partial charge in [0, 0.05) is 17.0 Å². The van der Waals surface area contributed by atoms with Gasteiger partial charge in [0.2, 0.25) is 0 Å². The van der Waals surface area contributed by atoms with Crippen LogP contribution in [0.2, 0.25) is 0 Å². The summed E-state index contributed by atoms with van der Waals surface area (Å²) in [5, 5.41) is 3.64. The zero-order valence-electron chi connectivity index (χ0n) is 11.8. The smallest absolute Gasteiger partial charge is 0.148 e. The van der Waals surface area contributed by atoms with Crippen LogP contribution in [0.15, 0.2) is 0 Å². The van der Waals surface area contributed by atoms with Crippen LogP contribution in [-0.2, 0) is 0 Å². The van der Waals surface area contributed by atoms with Crippen LogP contribution in [0, 0.1) is 6.92 Å². The van der Waals surface area contributed by atoms with E-state index in [-0.39, 0.29) is 5.54 Å². The normalized spacial score (nSPS) is 21.4. The number of nitrogens with one attached hydrogen (secondary N) is 2. The molecule has 0 aromatic carbocycles. The van der Waals surface area contributed by atoms with Crippen LogP contribution < -0.4 is 16.6 Å². The van der Waals surface area contributed by atoms with Crippen LogP contribution >= 0.6 is 0 Å². The Bertz CT molecular complexity index is 475. The Morgan fingerprint density at radius 1 is 1.16 bits per heavy atom. The monoisotopic (exact) mass is 261 g/mol. The van der Waals surface area contributed by atoms with Crippen molar-refractivity contribution in [3.05, 3.63) is 11.4 Å². The average Bonchev–Trinajstić information content (AvgIpc) is 3.15. The third-order valence-corrected chi connectivity index (χ3v) is 4.37. The Hall–Kier alpha value is -1.36. The predicted molar refractivity (Wildman–Crippen MR) is 77.0 cm³/mol. The summed E-state index contributed by atoms with van der Waals surface area (Å²) in [5.74, 6) is 8.75. The van der Waals surface area contributed by atoms with Gasteiger partial charge in [-0.15, -0.1) is 0 Å². The van der Waals surface area contributed by atoms with Crippen LogP contribution in [-0.4, -0.2) is 15.5 Å². The number of anilines is 2. The Kier molecular flexibility index (Phi) is 3.09. The highest BCUT2D eigenvalue weighted by molar-refractivity contribution is 5.58. The fourth-order valence-corrected chi connectivity index (χ4v) is 2.89. The van der Waals surface area contributed by atoms with Crippen molar-refractivity contribution in [3.8, 4) is 0 Å². The number of nitrogen functional groups attached to an aromatic ring is 1. The maximum atomic E-state index is 5.58. The molecular weight excluding hydrogens is 238 g/mol. The molecule has 5 heteroatoms. The molecule has 4 N–H and O–H groups in total. The molecule has 0 saturated heterocycles. The van der Waals surface area contributed by atoms with Gasteiger partial charge in [-0.2, -0.15) is 0 Å². The van der Waals surface area contributed by atoms with Gasteiger partial charge in [-0.1, -0.05) is 12.8 Å². The van der Waals surface area contributed by atoms with E-state index in [9.17, 15) is 0 Å². The lowest BCUT2D eigenvalue weighted by molar-refractivity contribution is 0.530. The lowest BCUT2D eigenvalue weighted by Crippen LogP contribution is -2.32. The molecule has 0 atom stereocenters. The maximum Gasteiger partial charge on any atom is 0.148 e. The molecule has 2 aliphatic carbocycles. The van der Waals surface area contributed by atoms with Gasteiger partial charge in [0.1, 0.15) is 17.5 Å². The van der Waals surface area contributed by atoms with Gasteiger partial charge in [-0.05, 0) is 39.5 Å². The molecule has 1 aromatic rings. The molecule has 2 aliphatic rings. The van der Waals surface area contributed by atoms with Gasteiger partial charge in [0.05, 0.1) is 0 Å². The second-order valence-electron chi connectivity index (χ2n) is 6.22. The quantitative estimate of drug-likeness (QED) is 0.574. The maximum absolute atomic E-state index is 5.58.